The van der Waals surface area contributed by atoms with Gasteiger partial charge >= 0.3 is 0 Å². The van der Waals surface area contributed by atoms with E-state index in [1.165, 1.54) is 10.9 Å². The van der Waals surface area contributed by atoms with Gasteiger partial charge in [-0.1, -0.05) is 13.8 Å². The Hall–Kier alpha value is -1.44. The van der Waals surface area contributed by atoms with Crippen molar-refractivity contribution in [2.24, 2.45) is 0 Å². The van der Waals surface area contributed by atoms with Crippen LogP contribution >= 0.6 is 0 Å². The van der Waals surface area contributed by atoms with E-state index < -0.39 is 0 Å². The van der Waals surface area contributed by atoms with Crippen LogP contribution in [0.5, 0.6) is 0 Å². The average Bonchev–Trinajstić information content (AvgIpc) is 2.50. The average molecular weight is 174 g/mol. The molecule has 1 aromatic carbocycles. The molecule has 0 unspecified atom stereocenters. The maximum absolute atomic E-state index is 5.93. The van der Waals surface area contributed by atoms with Gasteiger partial charge in [0.05, 0.1) is 0 Å². The van der Waals surface area contributed by atoms with E-state index in [0.29, 0.717) is 5.92 Å². The van der Waals surface area contributed by atoms with Crippen LogP contribution in [0.1, 0.15) is 25.3 Å². The van der Waals surface area contributed by atoms with Crippen LogP contribution in [-0.2, 0) is 0 Å². The minimum absolute atomic E-state index is 0.472. The number of fused-ring (bicyclic) bond motifs is 1. The number of nitrogen functional groups attached to an aromatic ring is 1. The van der Waals surface area contributed by atoms with Crippen molar-refractivity contribution >= 4 is 16.6 Å². The lowest BCUT2D eigenvalue weighted by Crippen LogP contribution is -1.96. The van der Waals surface area contributed by atoms with E-state index in [4.69, 9.17) is 5.73 Å². The second-order valence-corrected chi connectivity index (χ2v) is 3.66. The van der Waals surface area contributed by atoms with Gasteiger partial charge in [-0.25, -0.2) is 0 Å². The largest absolute Gasteiger partial charge is 0.398 e. The van der Waals surface area contributed by atoms with Gasteiger partial charge in [0.25, 0.3) is 0 Å². The highest BCUT2D eigenvalue weighted by atomic mass is 14.7. The second-order valence-electron chi connectivity index (χ2n) is 3.66. The molecule has 1 aromatic heterocycles. The second kappa shape index (κ2) is 2.80. The van der Waals surface area contributed by atoms with Crippen LogP contribution in [-0.4, -0.2) is 4.98 Å². The fourth-order valence-electron chi connectivity index (χ4n) is 1.82. The third-order valence-corrected chi connectivity index (χ3v) is 2.39. The maximum Gasteiger partial charge on any atom is 0.0458 e. The Morgan fingerprint density at radius 1 is 1.23 bits per heavy atom. The molecule has 2 heteroatoms. The van der Waals surface area contributed by atoms with Gasteiger partial charge in [-0.15, -0.1) is 0 Å². The molecule has 0 spiro atoms. The molecule has 0 bridgehead atoms. The highest BCUT2D eigenvalue weighted by molar-refractivity contribution is 5.87. The first-order valence-electron chi connectivity index (χ1n) is 4.55. The van der Waals surface area contributed by atoms with Gasteiger partial charge < -0.3 is 10.7 Å². The first kappa shape index (κ1) is 8.17. The van der Waals surface area contributed by atoms with Gasteiger partial charge in [0.15, 0.2) is 0 Å². The van der Waals surface area contributed by atoms with Crippen molar-refractivity contribution < 1.29 is 0 Å². The molecule has 2 rings (SSSR count). The maximum atomic E-state index is 5.93. The Morgan fingerprint density at radius 2 is 2.00 bits per heavy atom. The number of nitrogens with two attached hydrogens (primary N) is 1. The van der Waals surface area contributed by atoms with Crippen molar-refractivity contribution in [1.82, 2.24) is 4.98 Å². The molecular formula is C11H14N2. The van der Waals surface area contributed by atoms with Crippen LogP contribution in [0.15, 0.2) is 24.4 Å². The van der Waals surface area contributed by atoms with Crippen molar-refractivity contribution in [3.05, 3.63) is 30.0 Å². The number of aromatic amines is 1. The molecule has 0 amide bonds. The van der Waals surface area contributed by atoms with E-state index in [0.717, 1.165) is 11.2 Å². The smallest absolute Gasteiger partial charge is 0.0458 e. The fraction of sp³-hybridized carbons (Fsp3) is 0.273. The molecule has 0 radical (unpaired) electrons. The number of hydrogen-bond donors (Lipinski definition) is 2. The minimum atomic E-state index is 0.472. The van der Waals surface area contributed by atoms with E-state index in [1.807, 2.05) is 18.3 Å². The standard InChI is InChI=1S/C11H14N2/c1-7(2)11-8-5-6-13-10(8)4-3-9(11)12/h3-7,13H,12H2,1-2H3. The molecule has 0 aliphatic carbocycles. The molecule has 1 heterocycles. The molecule has 0 saturated heterocycles. The van der Waals surface area contributed by atoms with Crippen LogP contribution in [0.2, 0.25) is 0 Å². The molecule has 0 saturated carbocycles. The SMILES string of the molecule is CC(C)c1c(N)ccc2[nH]ccc12. The first-order chi connectivity index (χ1) is 6.20. The Bertz CT molecular complexity index is 427. The van der Waals surface area contributed by atoms with Crippen molar-refractivity contribution in [3.63, 3.8) is 0 Å². The minimum Gasteiger partial charge on any atom is -0.398 e. The van der Waals surface area contributed by atoms with Gasteiger partial charge in [0.2, 0.25) is 0 Å². The Morgan fingerprint density at radius 3 is 2.69 bits per heavy atom. The molecule has 13 heavy (non-hydrogen) atoms. The van der Waals surface area contributed by atoms with Gasteiger partial charge in [0.1, 0.15) is 0 Å². The molecule has 2 nitrogen and oxygen atoms in total. The number of anilines is 1. The number of benzene rings is 1. The van der Waals surface area contributed by atoms with Crippen molar-refractivity contribution in [1.29, 1.82) is 0 Å². The van der Waals surface area contributed by atoms with Crippen molar-refractivity contribution in [3.8, 4) is 0 Å². The number of nitrogens with one attached hydrogen (secondary N) is 1. The summed E-state index contributed by atoms with van der Waals surface area (Å²) in [5, 5.41) is 1.25. The van der Waals surface area contributed by atoms with Gasteiger partial charge in [-0.3, -0.25) is 0 Å². The molecule has 0 fully saturated rings. The first-order valence-corrected chi connectivity index (χ1v) is 4.55. The zero-order valence-electron chi connectivity index (χ0n) is 7.96. The van der Waals surface area contributed by atoms with Crippen LogP contribution in [0.4, 0.5) is 5.69 Å². The van der Waals surface area contributed by atoms with Crippen molar-refractivity contribution in [2.45, 2.75) is 19.8 Å². The molecule has 68 valence electrons. The number of hydrogen-bond acceptors (Lipinski definition) is 1. The predicted molar refractivity (Wildman–Crippen MR) is 56.8 cm³/mol. The highest BCUT2D eigenvalue weighted by Gasteiger charge is 2.08. The lowest BCUT2D eigenvalue weighted by Gasteiger charge is -2.10. The highest BCUT2D eigenvalue weighted by Crippen LogP contribution is 2.29. The number of rotatable bonds is 1. The Balaban J connectivity index is 2.80. The van der Waals surface area contributed by atoms with E-state index >= 15 is 0 Å². The molecule has 0 aliphatic heterocycles. The third-order valence-electron chi connectivity index (χ3n) is 2.39. The van der Waals surface area contributed by atoms with Crippen LogP contribution in [0, 0.1) is 0 Å². The summed E-state index contributed by atoms with van der Waals surface area (Å²) in [4.78, 5) is 3.19. The Labute approximate surface area is 77.8 Å². The summed E-state index contributed by atoms with van der Waals surface area (Å²) in [5.74, 6) is 0.472. The van der Waals surface area contributed by atoms with E-state index in [2.05, 4.69) is 24.9 Å². The molecule has 0 atom stereocenters. The van der Waals surface area contributed by atoms with E-state index in [9.17, 15) is 0 Å². The third kappa shape index (κ3) is 1.18. The van der Waals surface area contributed by atoms with Crippen LogP contribution in [0.25, 0.3) is 10.9 Å². The number of H-pyrrole nitrogens is 1. The summed E-state index contributed by atoms with van der Waals surface area (Å²) in [6, 6.07) is 6.08. The van der Waals surface area contributed by atoms with Gasteiger partial charge in [-0.05, 0) is 29.7 Å². The molecule has 0 aliphatic rings. The summed E-state index contributed by atoms with van der Waals surface area (Å²) >= 11 is 0. The summed E-state index contributed by atoms with van der Waals surface area (Å²) in [5.41, 5.74) is 9.24. The monoisotopic (exact) mass is 174 g/mol. The molecule has 2 aromatic rings. The zero-order valence-corrected chi connectivity index (χ0v) is 7.96. The molecule has 3 N–H and O–H groups in total. The topological polar surface area (TPSA) is 41.8 Å². The number of aromatic nitrogens is 1. The lowest BCUT2D eigenvalue weighted by atomic mass is 9.97. The quantitative estimate of drug-likeness (QED) is 0.641. The Kier molecular flexibility index (Phi) is 1.76. The summed E-state index contributed by atoms with van der Waals surface area (Å²) < 4.78 is 0. The van der Waals surface area contributed by atoms with Crippen LogP contribution in [0.3, 0.4) is 0 Å². The fourth-order valence-corrected chi connectivity index (χ4v) is 1.82. The normalized spacial score (nSPS) is 11.3. The molecular weight excluding hydrogens is 160 g/mol. The predicted octanol–water partition coefficient (Wildman–Crippen LogP) is 2.87. The lowest BCUT2D eigenvalue weighted by molar-refractivity contribution is 0.879. The zero-order chi connectivity index (χ0) is 9.42. The van der Waals surface area contributed by atoms with Crippen molar-refractivity contribution in [2.75, 3.05) is 5.73 Å². The van der Waals surface area contributed by atoms with Crippen LogP contribution < -0.4 is 5.73 Å². The van der Waals surface area contributed by atoms with Gasteiger partial charge in [0, 0.05) is 22.8 Å². The summed E-state index contributed by atoms with van der Waals surface area (Å²) in [7, 11) is 0. The summed E-state index contributed by atoms with van der Waals surface area (Å²) in [6.07, 6.45) is 1.95. The summed E-state index contributed by atoms with van der Waals surface area (Å²) in [6.45, 7) is 4.33. The van der Waals surface area contributed by atoms with Gasteiger partial charge in [-0.2, -0.15) is 0 Å². The van der Waals surface area contributed by atoms with E-state index in [1.54, 1.807) is 0 Å². The van der Waals surface area contributed by atoms with E-state index in [-0.39, 0.29) is 0 Å².